The summed E-state index contributed by atoms with van der Waals surface area (Å²) in [5, 5.41) is 10.6. The number of hydrogen-bond acceptors (Lipinski definition) is 3. The predicted molar refractivity (Wildman–Crippen MR) is 58.7 cm³/mol. The van der Waals surface area contributed by atoms with Crippen molar-refractivity contribution in [2.24, 2.45) is 5.73 Å². The van der Waals surface area contributed by atoms with Crippen molar-refractivity contribution in [1.29, 1.82) is 0 Å². The van der Waals surface area contributed by atoms with E-state index in [0.29, 0.717) is 0 Å². The van der Waals surface area contributed by atoms with Crippen LogP contribution in [0.4, 0.5) is 18.9 Å². The van der Waals surface area contributed by atoms with E-state index in [1.165, 1.54) is 0 Å². The first-order valence-corrected chi connectivity index (χ1v) is 5.09. The van der Waals surface area contributed by atoms with Gasteiger partial charge in [0.15, 0.2) is 0 Å². The molecule has 4 nitrogen and oxygen atoms in total. The average molecular weight is 346 g/mol. The van der Waals surface area contributed by atoms with Gasteiger partial charge in [0.05, 0.1) is 16.1 Å². The topological polar surface area (TPSA) is 69.2 Å². The fraction of sp³-hybridized carbons (Fsp3) is 0.250. The molecule has 0 bridgehead atoms. The quantitative estimate of drug-likeness (QED) is 0.509. The van der Waals surface area contributed by atoms with E-state index in [1.54, 1.807) is 22.6 Å². The van der Waals surface area contributed by atoms with Gasteiger partial charge in [0.2, 0.25) is 0 Å². The average Bonchev–Trinajstić information content (AvgIpc) is 2.14. The van der Waals surface area contributed by atoms with Gasteiger partial charge in [-0.2, -0.15) is 13.2 Å². The second kappa shape index (κ2) is 4.53. The summed E-state index contributed by atoms with van der Waals surface area (Å²) in [4.78, 5) is 9.73. The lowest BCUT2D eigenvalue weighted by Gasteiger charge is -2.12. The maximum atomic E-state index is 12.6. The van der Waals surface area contributed by atoms with E-state index < -0.39 is 34.5 Å². The molecular formula is C8H6F3IN2O2. The largest absolute Gasteiger partial charge is 0.417 e. The minimum atomic E-state index is -4.64. The van der Waals surface area contributed by atoms with Crippen molar-refractivity contribution in [3.8, 4) is 0 Å². The number of halogens is 4. The molecule has 0 amide bonds. The lowest BCUT2D eigenvalue weighted by molar-refractivity contribution is -0.385. The minimum Gasteiger partial charge on any atom is -0.326 e. The van der Waals surface area contributed by atoms with Gasteiger partial charge < -0.3 is 5.73 Å². The van der Waals surface area contributed by atoms with E-state index in [0.717, 1.165) is 12.1 Å². The normalized spacial score (nSPS) is 11.6. The number of hydrogen-bond donors (Lipinski definition) is 1. The van der Waals surface area contributed by atoms with Gasteiger partial charge in [0, 0.05) is 16.2 Å². The number of nitrogens with zero attached hydrogens (tertiary/aromatic N) is 1. The third-order valence-electron chi connectivity index (χ3n) is 1.90. The predicted octanol–water partition coefficient (Wildman–Crippen LogP) is 2.68. The lowest BCUT2D eigenvalue weighted by Crippen LogP contribution is -2.14. The van der Waals surface area contributed by atoms with Crippen LogP contribution in [0.25, 0.3) is 0 Å². The van der Waals surface area contributed by atoms with E-state index in [1.807, 2.05) is 0 Å². The van der Waals surface area contributed by atoms with Gasteiger partial charge >= 0.3 is 6.18 Å². The monoisotopic (exact) mass is 346 g/mol. The maximum Gasteiger partial charge on any atom is 0.417 e. The number of nitro benzene ring substituents is 1. The van der Waals surface area contributed by atoms with Crippen molar-refractivity contribution in [2.75, 3.05) is 0 Å². The molecule has 0 fully saturated rings. The molecule has 0 aliphatic heterocycles. The summed E-state index contributed by atoms with van der Waals surface area (Å²) >= 11 is 1.59. The summed E-state index contributed by atoms with van der Waals surface area (Å²) in [6.45, 7) is -0.526. The van der Waals surface area contributed by atoms with Crippen LogP contribution in [0.5, 0.6) is 0 Å². The van der Waals surface area contributed by atoms with Crippen LogP contribution in [0.15, 0.2) is 12.1 Å². The van der Waals surface area contributed by atoms with Crippen LogP contribution in [-0.2, 0) is 12.7 Å². The fourth-order valence-electron chi connectivity index (χ4n) is 1.25. The van der Waals surface area contributed by atoms with Crippen molar-refractivity contribution < 1.29 is 18.1 Å². The molecule has 2 N–H and O–H groups in total. The van der Waals surface area contributed by atoms with Gasteiger partial charge in [0.1, 0.15) is 0 Å². The number of nitrogens with two attached hydrogens (primary N) is 1. The van der Waals surface area contributed by atoms with Crippen LogP contribution in [0.1, 0.15) is 11.1 Å². The van der Waals surface area contributed by atoms with E-state index in [9.17, 15) is 23.3 Å². The summed E-state index contributed by atoms with van der Waals surface area (Å²) in [5.41, 5.74) is 3.00. The minimum absolute atomic E-state index is 0.147. The number of alkyl halides is 3. The summed E-state index contributed by atoms with van der Waals surface area (Å²) < 4.78 is 37.9. The van der Waals surface area contributed by atoms with Crippen LogP contribution in [0.3, 0.4) is 0 Å². The zero-order chi connectivity index (χ0) is 12.5. The molecule has 8 heteroatoms. The molecule has 0 saturated heterocycles. The Morgan fingerprint density at radius 1 is 1.44 bits per heavy atom. The van der Waals surface area contributed by atoms with E-state index >= 15 is 0 Å². The summed E-state index contributed by atoms with van der Waals surface area (Å²) in [7, 11) is 0. The van der Waals surface area contributed by atoms with Crippen LogP contribution in [-0.4, -0.2) is 4.92 Å². The fourth-order valence-corrected chi connectivity index (χ4v) is 1.86. The summed E-state index contributed by atoms with van der Waals surface area (Å²) in [6.07, 6.45) is -4.64. The smallest absolute Gasteiger partial charge is 0.326 e. The van der Waals surface area contributed by atoms with Crippen LogP contribution in [0, 0.1) is 13.7 Å². The molecule has 0 aliphatic rings. The molecule has 0 aromatic heterocycles. The zero-order valence-corrected chi connectivity index (χ0v) is 9.87. The highest BCUT2D eigenvalue weighted by Gasteiger charge is 2.36. The van der Waals surface area contributed by atoms with Gasteiger partial charge in [-0.3, -0.25) is 10.1 Å². The van der Waals surface area contributed by atoms with Gasteiger partial charge in [-0.25, -0.2) is 0 Å². The Labute approximate surface area is 102 Å². The van der Waals surface area contributed by atoms with Gasteiger partial charge in [-0.05, 0) is 28.7 Å². The molecule has 0 saturated carbocycles. The van der Waals surface area contributed by atoms with Gasteiger partial charge in [0.25, 0.3) is 5.69 Å². The van der Waals surface area contributed by atoms with E-state index in [2.05, 4.69) is 0 Å². The van der Waals surface area contributed by atoms with Crippen molar-refractivity contribution in [3.05, 3.63) is 36.9 Å². The Bertz CT molecular complexity index is 434. The van der Waals surface area contributed by atoms with Crippen molar-refractivity contribution in [3.63, 3.8) is 0 Å². The Balaban J connectivity index is 3.55. The maximum absolute atomic E-state index is 12.6. The highest BCUT2D eigenvalue weighted by atomic mass is 127. The first kappa shape index (κ1) is 13.2. The molecule has 0 atom stereocenters. The molecule has 0 radical (unpaired) electrons. The van der Waals surface area contributed by atoms with Gasteiger partial charge in [-0.15, -0.1) is 0 Å². The van der Waals surface area contributed by atoms with Crippen LogP contribution >= 0.6 is 22.6 Å². The van der Waals surface area contributed by atoms with Crippen molar-refractivity contribution >= 4 is 28.3 Å². The van der Waals surface area contributed by atoms with Crippen molar-refractivity contribution in [2.45, 2.75) is 12.7 Å². The number of rotatable bonds is 2. The van der Waals surface area contributed by atoms with Gasteiger partial charge in [-0.1, -0.05) is 0 Å². The molecule has 1 aromatic carbocycles. The summed E-state index contributed by atoms with van der Waals surface area (Å²) in [6, 6.07) is 1.91. The first-order chi connectivity index (χ1) is 7.27. The molecule has 0 aliphatic carbocycles. The van der Waals surface area contributed by atoms with Crippen LogP contribution < -0.4 is 5.73 Å². The Morgan fingerprint density at radius 2 is 2.00 bits per heavy atom. The molecule has 88 valence electrons. The van der Waals surface area contributed by atoms with E-state index in [4.69, 9.17) is 5.73 Å². The molecule has 16 heavy (non-hydrogen) atoms. The first-order valence-electron chi connectivity index (χ1n) is 4.01. The molecule has 0 heterocycles. The second-order valence-electron chi connectivity index (χ2n) is 2.91. The SMILES string of the molecule is NCc1c([N+](=O)[O-])cc(I)cc1C(F)(F)F. The Morgan fingerprint density at radius 3 is 2.38 bits per heavy atom. The van der Waals surface area contributed by atoms with Crippen LogP contribution in [0.2, 0.25) is 0 Å². The Kier molecular flexibility index (Phi) is 3.73. The number of nitro groups is 1. The highest BCUT2D eigenvalue weighted by Crippen LogP contribution is 2.37. The second-order valence-corrected chi connectivity index (χ2v) is 4.16. The zero-order valence-electron chi connectivity index (χ0n) is 7.71. The molecule has 1 aromatic rings. The summed E-state index contributed by atoms with van der Waals surface area (Å²) in [5.74, 6) is 0. The molecule has 1 rings (SSSR count). The molecule has 0 spiro atoms. The molecular weight excluding hydrogens is 340 g/mol. The molecule has 0 unspecified atom stereocenters. The third-order valence-corrected chi connectivity index (χ3v) is 2.52. The number of benzene rings is 1. The third kappa shape index (κ3) is 2.61. The highest BCUT2D eigenvalue weighted by molar-refractivity contribution is 14.1. The Hall–Kier alpha value is -0.900. The lowest BCUT2D eigenvalue weighted by atomic mass is 10.1. The van der Waals surface area contributed by atoms with E-state index in [-0.39, 0.29) is 3.57 Å². The van der Waals surface area contributed by atoms with Crippen molar-refractivity contribution in [1.82, 2.24) is 0 Å². The standard InChI is InChI=1S/C8H6F3IN2O2/c9-8(10,11)6-1-4(12)2-7(14(15)16)5(6)3-13/h1-2H,3,13H2.